The molecule has 1 aliphatic heterocycles. The van der Waals surface area contributed by atoms with Gasteiger partial charge in [-0.25, -0.2) is 9.59 Å². The average Bonchev–Trinajstić information content (AvgIpc) is 2.98. The molecule has 2 aliphatic rings. The zero-order valence-electron chi connectivity index (χ0n) is 25.8. The van der Waals surface area contributed by atoms with Crippen molar-refractivity contribution in [2.24, 2.45) is 23.2 Å². The highest BCUT2D eigenvalue weighted by Crippen LogP contribution is 2.36. The first-order valence-corrected chi connectivity index (χ1v) is 15.6. The summed E-state index contributed by atoms with van der Waals surface area (Å²) in [5.74, 6) is 1.72. The van der Waals surface area contributed by atoms with E-state index in [2.05, 4.69) is 27.7 Å². The molecular weight excluding hydrogens is 544 g/mol. The molecule has 0 bridgehead atoms. The summed E-state index contributed by atoms with van der Waals surface area (Å²) in [6.07, 6.45) is 4.15. The Kier molecular flexibility index (Phi) is 10.0. The average molecular weight is 589 g/mol. The minimum atomic E-state index is -0.465. The lowest BCUT2D eigenvalue weighted by atomic mass is 9.75. The molecular formula is C36H44O7. The summed E-state index contributed by atoms with van der Waals surface area (Å²) in [6, 6.07) is 17.8. The quantitative estimate of drug-likeness (QED) is 0.123. The molecule has 0 amide bonds. The van der Waals surface area contributed by atoms with E-state index in [0.29, 0.717) is 54.5 Å². The molecule has 7 heteroatoms. The molecule has 3 aromatic rings. The van der Waals surface area contributed by atoms with Gasteiger partial charge in [0.15, 0.2) is 0 Å². The van der Waals surface area contributed by atoms with Gasteiger partial charge in [-0.15, -0.1) is 0 Å². The fraction of sp³-hybridized carbons (Fsp3) is 0.500. The van der Waals surface area contributed by atoms with Gasteiger partial charge in [-0.2, -0.15) is 0 Å². The zero-order chi connectivity index (χ0) is 30.4. The summed E-state index contributed by atoms with van der Waals surface area (Å²) in [4.78, 5) is 25.8. The van der Waals surface area contributed by atoms with Crippen LogP contribution in [0.15, 0.2) is 60.7 Å². The first-order chi connectivity index (χ1) is 20.7. The van der Waals surface area contributed by atoms with Gasteiger partial charge in [-0.3, -0.25) is 0 Å². The third-order valence-electron chi connectivity index (χ3n) is 9.04. The number of rotatable bonds is 12. The molecule has 43 heavy (non-hydrogen) atoms. The predicted molar refractivity (Wildman–Crippen MR) is 166 cm³/mol. The number of ether oxygens (including phenoxy) is 5. The zero-order valence-corrected chi connectivity index (χ0v) is 25.8. The Hall–Kier alpha value is -3.42. The minimum Gasteiger partial charge on any atom is -0.491 e. The van der Waals surface area contributed by atoms with Crippen molar-refractivity contribution in [2.75, 3.05) is 33.0 Å². The van der Waals surface area contributed by atoms with E-state index in [-0.39, 0.29) is 17.5 Å². The van der Waals surface area contributed by atoms with Crippen molar-refractivity contribution in [2.45, 2.75) is 59.5 Å². The summed E-state index contributed by atoms with van der Waals surface area (Å²) in [7, 11) is 0. The fourth-order valence-electron chi connectivity index (χ4n) is 6.01. The molecule has 3 aromatic carbocycles. The van der Waals surface area contributed by atoms with Gasteiger partial charge in [0.05, 0.1) is 37.6 Å². The number of carbonyl (C=O) groups excluding carboxylic acids is 2. The first-order valence-electron chi connectivity index (χ1n) is 15.6. The van der Waals surface area contributed by atoms with E-state index in [1.165, 1.54) is 6.42 Å². The molecule has 0 radical (unpaired) electrons. The molecule has 7 nitrogen and oxygen atoms in total. The molecule has 1 saturated carbocycles. The van der Waals surface area contributed by atoms with Gasteiger partial charge in [0.1, 0.15) is 24.2 Å². The molecule has 230 valence electrons. The Bertz CT molecular complexity index is 1390. The maximum absolute atomic E-state index is 12.9. The number of hydrogen-bond acceptors (Lipinski definition) is 7. The highest BCUT2D eigenvalue weighted by Gasteiger charge is 2.37. The molecule has 1 aliphatic carbocycles. The molecule has 1 saturated heterocycles. The predicted octanol–water partition coefficient (Wildman–Crippen LogP) is 7.50. The topological polar surface area (TPSA) is 80.3 Å². The summed E-state index contributed by atoms with van der Waals surface area (Å²) in [6.45, 7) is 12.0. The third-order valence-corrected chi connectivity index (χ3v) is 9.04. The fourth-order valence-corrected chi connectivity index (χ4v) is 6.01. The lowest BCUT2D eigenvalue weighted by molar-refractivity contribution is -0.151. The normalized spacial score (nSPS) is 21.3. The second kappa shape index (κ2) is 13.9. The molecule has 3 unspecified atom stereocenters. The maximum atomic E-state index is 12.9. The second-order valence-corrected chi connectivity index (χ2v) is 12.7. The van der Waals surface area contributed by atoms with Crippen molar-refractivity contribution in [3.8, 4) is 11.5 Å². The van der Waals surface area contributed by atoms with Gasteiger partial charge in [0.25, 0.3) is 0 Å². The second-order valence-electron chi connectivity index (χ2n) is 12.7. The van der Waals surface area contributed by atoms with Crippen LogP contribution in [0.3, 0.4) is 0 Å². The monoisotopic (exact) mass is 588 g/mol. The van der Waals surface area contributed by atoms with Crippen LogP contribution in [0, 0.1) is 23.2 Å². The Balaban J connectivity index is 1.12. The number of fused-ring (bicyclic) bond motifs is 1. The molecule has 3 atom stereocenters. The SMILES string of the molecule is CCC1(COCCOc2ccc3cc(C(=O)Oc4ccc(C(=O)OC5CC(C)CCC5C(C)C)cc4)ccc3c2)COC1. The van der Waals surface area contributed by atoms with Crippen molar-refractivity contribution in [3.05, 3.63) is 71.8 Å². The Morgan fingerprint density at radius 3 is 2.28 bits per heavy atom. The highest BCUT2D eigenvalue weighted by molar-refractivity contribution is 5.97. The minimum absolute atomic E-state index is 0.0655. The van der Waals surface area contributed by atoms with E-state index in [0.717, 1.165) is 49.0 Å². The van der Waals surface area contributed by atoms with Crippen LogP contribution < -0.4 is 9.47 Å². The van der Waals surface area contributed by atoms with Crippen LogP contribution in [0.25, 0.3) is 10.8 Å². The highest BCUT2D eigenvalue weighted by atomic mass is 16.5. The van der Waals surface area contributed by atoms with Crippen LogP contribution in [0.2, 0.25) is 0 Å². The van der Waals surface area contributed by atoms with Gasteiger partial charge < -0.3 is 23.7 Å². The smallest absolute Gasteiger partial charge is 0.343 e. The van der Waals surface area contributed by atoms with E-state index in [1.54, 1.807) is 36.4 Å². The molecule has 1 heterocycles. The van der Waals surface area contributed by atoms with Crippen LogP contribution in [-0.4, -0.2) is 51.1 Å². The standard InChI is InChI=1S/C36H44O7/c1-5-36(22-40-23-36)21-39-16-17-41-31-14-11-27-19-29(8-7-28(27)20-31)35(38)42-30-12-9-26(10-13-30)34(37)43-33-18-25(4)6-15-32(33)24(2)3/h7-14,19-20,24-25,32-33H,5-6,15-18,21-23H2,1-4H3. The van der Waals surface area contributed by atoms with Crippen LogP contribution in [0.4, 0.5) is 0 Å². The van der Waals surface area contributed by atoms with Gasteiger partial charge >= 0.3 is 11.9 Å². The van der Waals surface area contributed by atoms with Crippen molar-refractivity contribution in [3.63, 3.8) is 0 Å². The molecule has 5 rings (SSSR count). The van der Waals surface area contributed by atoms with Gasteiger partial charge in [-0.05, 0) is 96.3 Å². The number of esters is 2. The van der Waals surface area contributed by atoms with Crippen LogP contribution in [0.5, 0.6) is 11.5 Å². The van der Waals surface area contributed by atoms with E-state index < -0.39 is 5.97 Å². The Morgan fingerprint density at radius 1 is 0.884 bits per heavy atom. The van der Waals surface area contributed by atoms with Gasteiger partial charge in [0, 0.05) is 5.41 Å². The van der Waals surface area contributed by atoms with Crippen molar-refractivity contribution in [1.82, 2.24) is 0 Å². The van der Waals surface area contributed by atoms with Crippen LogP contribution in [-0.2, 0) is 14.2 Å². The summed E-state index contributed by atoms with van der Waals surface area (Å²) < 4.78 is 28.6. The lowest BCUT2D eigenvalue weighted by Gasteiger charge is -2.40. The van der Waals surface area contributed by atoms with E-state index in [1.807, 2.05) is 24.3 Å². The van der Waals surface area contributed by atoms with Crippen molar-refractivity contribution < 1.29 is 33.3 Å². The molecule has 0 N–H and O–H groups in total. The van der Waals surface area contributed by atoms with E-state index in [9.17, 15) is 9.59 Å². The number of carbonyl (C=O) groups is 2. The number of hydrogen-bond donors (Lipinski definition) is 0. The van der Waals surface area contributed by atoms with Crippen LogP contribution in [0.1, 0.15) is 74.1 Å². The molecule has 2 fully saturated rings. The summed E-state index contributed by atoms with van der Waals surface area (Å²) in [5, 5.41) is 1.86. The molecule has 0 aromatic heterocycles. The van der Waals surface area contributed by atoms with E-state index >= 15 is 0 Å². The summed E-state index contributed by atoms with van der Waals surface area (Å²) >= 11 is 0. The van der Waals surface area contributed by atoms with Crippen molar-refractivity contribution >= 4 is 22.7 Å². The van der Waals surface area contributed by atoms with Gasteiger partial charge in [-0.1, -0.05) is 46.2 Å². The van der Waals surface area contributed by atoms with Gasteiger partial charge in [0.2, 0.25) is 0 Å². The Labute approximate surface area is 254 Å². The van der Waals surface area contributed by atoms with E-state index in [4.69, 9.17) is 23.7 Å². The maximum Gasteiger partial charge on any atom is 0.343 e. The number of benzene rings is 3. The first kappa shape index (κ1) is 31.0. The van der Waals surface area contributed by atoms with Crippen LogP contribution >= 0.6 is 0 Å². The molecule has 0 spiro atoms. The Morgan fingerprint density at radius 2 is 1.58 bits per heavy atom. The summed E-state index contributed by atoms with van der Waals surface area (Å²) in [5.41, 5.74) is 1.06. The third kappa shape index (κ3) is 7.76. The largest absolute Gasteiger partial charge is 0.491 e. The van der Waals surface area contributed by atoms with Crippen molar-refractivity contribution in [1.29, 1.82) is 0 Å². The lowest BCUT2D eigenvalue weighted by Crippen LogP contribution is -2.45.